The predicted molar refractivity (Wildman–Crippen MR) is 83.7 cm³/mol. The van der Waals surface area contributed by atoms with E-state index in [1.807, 2.05) is 42.5 Å². The van der Waals surface area contributed by atoms with E-state index in [0.29, 0.717) is 0 Å². The summed E-state index contributed by atoms with van der Waals surface area (Å²) in [4.78, 5) is 9.71. The highest BCUT2D eigenvalue weighted by Crippen LogP contribution is 2.31. The molecule has 0 bridgehead atoms. The molecule has 0 spiro atoms. The Kier molecular flexibility index (Phi) is 3.01. The monoisotopic (exact) mass is 262 g/mol. The van der Waals surface area contributed by atoms with Gasteiger partial charge in [0.25, 0.3) is 0 Å². The lowest BCUT2D eigenvalue weighted by Crippen LogP contribution is -2.16. The highest BCUT2D eigenvalue weighted by atomic mass is 14.8. The van der Waals surface area contributed by atoms with Crippen LogP contribution >= 0.6 is 0 Å². The Labute approximate surface area is 119 Å². The summed E-state index contributed by atoms with van der Waals surface area (Å²) < 4.78 is 0. The molecule has 0 N–H and O–H groups in total. The van der Waals surface area contributed by atoms with Crippen molar-refractivity contribution in [2.24, 2.45) is 0 Å². The molecule has 20 heavy (non-hydrogen) atoms. The van der Waals surface area contributed by atoms with Gasteiger partial charge in [-0.1, -0.05) is 63.2 Å². The lowest BCUT2D eigenvalue weighted by atomic mass is 9.88. The second kappa shape index (κ2) is 4.71. The summed E-state index contributed by atoms with van der Waals surface area (Å²) >= 11 is 0. The van der Waals surface area contributed by atoms with Crippen molar-refractivity contribution < 1.29 is 0 Å². The van der Waals surface area contributed by atoms with Gasteiger partial charge in [-0.15, -0.1) is 0 Å². The first-order valence-corrected chi connectivity index (χ1v) is 6.88. The van der Waals surface area contributed by atoms with E-state index in [1.165, 1.54) is 0 Å². The summed E-state index contributed by atoms with van der Waals surface area (Å²) in [5, 5.41) is 0. The first-order valence-electron chi connectivity index (χ1n) is 6.88. The molecular formula is C18H18N2. The van der Waals surface area contributed by atoms with Crippen LogP contribution in [-0.2, 0) is 5.41 Å². The van der Waals surface area contributed by atoms with Crippen molar-refractivity contribution in [3.8, 4) is 11.3 Å². The van der Waals surface area contributed by atoms with Gasteiger partial charge in [-0.3, -0.25) is 0 Å². The van der Waals surface area contributed by atoms with Crippen molar-refractivity contribution in [2.75, 3.05) is 0 Å². The van der Waals surface area contributed by atoms with Crippen LogP contribution in [0.3, 0.4) is 0 Å². The van der Waals surface area contributed by atoms with Crippen LogP contribution in [0.5, 0.6) is 0 Å². The smallest absolute Gasteiger partial charge is 0.0930 e. The Balaban J connectivity index is 2.33. The SMILES string of the molecule is CC(C)(C)c1nc2ccccc2nc1-c1ccccc1. The normalized spacial score (nSPS) is 11.8. The van der Waals surface area contributed by atoms with E-state index in [1.54, 1.807) is 0 Å². The highest BCUT2D eigenvalue weighted by molar-refractivity contribution is 5.78. The topological polar surface area (TPSA) is 25.8 Å². The van der Waals surface area contributed by atoms with Crippen molar-refractivity contribution in [3.05, 3.63) is 60.3 Å². The number of benzene rings is 2. The standard InChI is InChI=1S/C18H18N2/c1-18(2,3)17-16(13-9-5-4-6-10-13)19-14-11-7-8-12-15(14)20-17/h4-12H,1-3H3. The molecule has 0 amide bonds. The molecular weight excluding hydrogens is 244 g/mol. The molecule has 0 aliphatic heterocycles. The molecule has 2 nitrogen and oxygen atoms in total. The molecule has 1 heterocycles. The predicted octanol–water partition coefficient (Wildman–Crippen LogP) is 4.59. The zero-order chi connectivity index (χ0) is 14.2. The van der Waals surface area contributed by atoms with Gasteiger partial charge in [-0.25, -0.2) is 9.97 Å². The van der Waals surface area contributed by atoms with Crippen molar-refractivity contribution in [2.45, 2.75) is 26.2 Å². The second-order valence-corrected chi connectivity index (χ2v) is 6.03. The average molecular weight is 262 g/mol. The number of aromatic nitrogens is 2. The largest absolute Gasteiger partial charge is 0.248 e. The zero-order valence-corrected chi connectivity index (χ0v) is 12.1. The van der Waals surface area contributed by atoms with E-state index in [0.717, 1.165) is 28.0 Å². The van der Waals surface area contributed by atoms with Gasteiger partial charge in [0, 0.05) is 11.0 Å². The minimum absolute atomic E-state index is 0.0395. The van der Waals surface area contributed by atoms with Crippen LogP contribution in [0, 0.1) is 0 Å². The van der Waals surface area contributed by atoms with Gasteiger partial charge in [-0.05, 0) is 12.1 Å². The minimum atomic E-state index is -0.0395. The van der Waals surface area contributed by atoms with Crippen LogP contribution < -0.4 is 0 Å². The van der Waals surface area contributed by atoms with Crippen LogP contribution in [0.4, 0.5) is 0 Å². The molecule has 0 aliphatic carbocycles. The Bertz CT molecular complexity index is 740. The number of rotatable bonds is 1. The molecule has 0 atom stereocenters. The summed E-state index contributed by atoms with van der Waals surface area (Å²) in [6.07, 6.45) is 0. The lowest BCUT2D eigenvalue weighted by molar-refractivity contribution is 0.571. The molecule has 0 aliphatic rings. The summed E-state index contributed by atoms with van der Waals surface area (Å²) in [6, 6.07) is 18.3. The van der Waals surface area contributed by atoms with Gasteiger partial charge < -0.3 is 0 Å². The summed E-state index contributed by atoms with van der Waals surface area (Å²) in [6.45, 7) is 6.54. The van der Waals surface area contributed by atoms with E-state index in [4.69, 9.17) is 9.97 Å². The number of hydrogen-bond donors (Lipinski definition) is 0. The maximum Gasteiger partial charge on any atom is 0.0930 e. The average Bonchev–Trinajstić information content (AvgIpc) is 2.46. The molecule has 0 unspecified atom stereocenters. The molecule has 0 fully saturated rings. The Morgan fingerprint density at radius 2 is 1.25 bits per heavy atom. The molecule has 0 saturated heterocycles. The number of fused-ring (bicyclic) bond motifs is 1. The Morgan fingerprint density at radius 1 is 0.700 bits per heavy atom. The van der Waals surface area contributed by atoms with Crippen LogP contribution in [0.1, 0.15) is 26.5 Å². The van der Waals surface area contributed by atoms with E-state index >= 15 is 0 Å². The maximum atomic E-state index is 4.86. The second-order valence-electron chi connectivity index (χ2n) is 6.03. The van der Waals surface area contributed by atoms with Crippen LogP contribution in [-0.4, -0.2) is 9.97 Å². The van der Waals surface area contributed by atoms with Crippen molar-refractivity contribution in [1.29, 1.82) is 0 Å². The molecule has 3 aromatic rings. The number of hydrogen-bond acceptors (Lipinski definition) is 2. The third-order valence-corrected chi connectivity index (χ3v) is 3.33. The fraction of sp³-hybridized carbons (Fsp3) is 0.222. The quantitative estimate of drug-likeness (QED) is 0.640. The van der Waals surface area contributed by atoms with Gasteiger partial charge in [0.1, 0.15) is 0 Å². The molecule has 0 saturated carbocycles. The van der Waals surface area contributed by atoms with E-state index < -0.39 is 0 Å². The molecule has 3 rings (SSSR count). The van der Waals surface area contributed by atoms with Gasteiger partial charge in [0.15, 0.2) is 0 Å². The fourth-order valence-corrected chi connectivity index (χ4v) is 2.32. The lowest BCUT2D eigenvalue weighted by Gasteiger charge is -2.21. The van der Waals surface area contributed by atoms with Crippen molar-refractivity contribution in [3.63, 3.8) is 0 Å². The number of para-hydroxylation sites is 2. The highest BCUT2D eigenvalue weighted by Gasteiger charge is 2.22. The van der Waals surface area contributed by atoms with E-state index in [-0.39, 0.29) is 5.41 Å². The summed E-state index contributed by atoms with van der Waals surface area (Å²) in [5.74, 6) is 0. The third-order valence-electron chi connectivity index (χ3n) is 3.33. The van der Waals surface area contributed by atoms with E-state index in [9.17, 15) is 0 Å². The summed E-state index contributed by atoms with van der Waals surface area (Å²) in [5.41, 5.74) is 5.01. The van der Waals surface area contributed by atoms with Gasteiger partial charge in [0.05, 0.1) is 22.4 Å². The minimum Gasteiger partial charge on any atom is -0.248 e. The number of nitrogens with zero attached hydrogens (tertiary/aromatic N) is 2. The Hall–Kier alpha value is -2.22. The van der Waals surface area contributed by atoms with Crippen LogP contribution in [0.15, 0.2) is 54.6 Å². The zero-order valence-electron chi connectivity index (χ0n) is 12.1. The van der Waals surface area contributed by atoms with Crippen LogP contribution in [0.2, 0.25) is 0 Å². The van der Waals surface area contributed by atoms with E-state index in [2.05, 4.69) is 32.9 Å². The first-order chi connectivity index (χ1) is 9.55. The van der Waals surface area contributed by atoms with Crippen LogP contribution in [0.25, 0.3) is 22.3 Å². The van der Waals surface area contributed by atoms with Crippen molar-refractivity contribution >= 4 is 11.0 Å². The van der Waals surface area contributed by atoms with Gasteiger partial charge in [-0.2, -0.15) is 0 Å². The van der Waals surface area contributed by atoms with Crippen molar-refractivity contribution in [1.82, 2.24) is 9.97 Å². The molecule has 0 radical (unpaired) electrons. The molecule has 2 heteroatoms. The maximum absolute atomic E-state index is 4.86. The Morgan fingerprint density at radius 3 is 1.85 bits per heavy atom. The third kappa shape index (κ3) is 2.29. The molecule has 2 aromatic carbocycles. The fourth-order valence-electron chi connectivity index (χ4n) is 2.32. The molecule has 100 valence electrons. The van der Waals surface area contributed by atoms with Gasteiger partial charge >= 0.3 is 0 Å². The summed E-state index contributed by atoms with van der Waals surface area (Å²) in [7, 11) is 0. The first kappa shape index (κ1) is 12.8. The van der Waals surface area contributed by atoms with Gasteiger partial charge in [0.2, 0.25) is 0 Å². The molecule has 1 aromatic heterocycles.